The lowest BCUT2D eigenvalue weighted by Gasteiger charge is -2.04. The summed E-state index contributed by atoms with van der Waals surface area (Å²) in [4.78, 5) is 16.5. The molecule has 0 spiro atoms. The Morgan fingerprint density at radius 3 is 3.00 bits per heavy atom. The summed E-state index contributed by atoms with van der Waals surface area (Å²) in [6, 6.07) is 8.30. The van der Waals surface area contributed by atoms with Crippen LogP contribution in [0.5, 0.6) is 0 Å². The first-order valence-corrected chi connectivity index (χ1v) is 7.16. The molecule has 0 unspecified atom stereocenters. The molecule has 0 bridgehead atoms. The van der Waals surface area contributed by atoms with E-state index in [4.69, 9.17) is 0 Å². The Bertz CT molecular complexity index is 784. The predicted octanol–water partition coefficient (Wildman–Crippen LogP) is 4.43. The van der Waals surface area contributed by atoms with E-state index < -0.39 is 5.82 Å². The first kappa shape index (κ1) is 12.4. The number of ketones is 1. The third-order valence-corrected chi connectivity index (χ3v) is 4.23. The van der Waals surface area contributed by atoms with E-state index in [9.17, 15) is 9.18 Å². The molecule has 0 N–H and O–H groups in total. The third-order valence-electron chi connectivity index (χ3n) is 2.76. The van der Waals surface area contributed by atoms with Gasteiger partial charge in [-0.05, 0) is 45.6 Å². The highest BCUT2D eigenvalue weighted by molar-refractivity contribution is 9.10. The fourth-order valence-corrected chi connectivity index (χ4v) is 2.95. The van der Waals surface area contributed by atoms with Crippen LogP contribution in [0.1, 0.15) is 15.9 Å². The van der Waals surface area contributed by atoms with E-state index in [0.717, 1.165) is 10.2 Å². The Balaban J connectivity index is 2.10. The fourth-order valence-electron chi connectivity index (χ4n) is 1.81. The monoisotopic (exact) mass is 335 g/mol. The number of halogens is 2. The van der Waals surface area contributed by atoms with Crippen LogP contribution in [0, 0.1) is 5.82 Å². The lowest BCUT2D eigenvalue weighted by molar-refractivity contribution is 0.103. The maximum Gasteiger partial charge on any atom is 0.197 e. The maximum absolute atomic E-state index is 13.9. The van der Waals surface area contributed by atoms with Crippen molar-refractivity contribution in [3.05, 3.63) is 63.3 Å². The largest absolute Gasteiger partial charge is 0.288 e. The zero-order valence-corrected chi connectivity index (χ0v) is 12.0. The first-order chi connectivity index (χ1) is 9.16. The van der Waals surface area contributed by atoms with Gasteiger partial charge in [0.2, 0.25) is 0 Å². The number of fused-ring (bicyclic) bond motifs is 1. The summed E-state index contributed by atoms with van der Waals surface area (Å²) in [5, 5.41) is 1.91. The Kier molecular flexibility index (Phi) is 3.16. The molecule has 2 heterocycles. The van der Waals surface area contributed by atoms with Crippen molar-refractivity contribution in [1.82, 2.24) is 4.98 Å². The molecule has 3 aromatic rings. The quantitative estimate of drug-likeness (QED) is 0.648. The van der Waals surface area contributed by atoms with Gasteiger partial charge in [0, 0.05) is 11.8 Å². The van der Waals surface area contributed by atoms with Gasteiger partial charge in [0.1, 0.15) is 5.82 Å². The summed E-state index contributed by atoms with van der Waals surface area (Å²) in [7, 11) is 0. The lowest BCUT2D eigenvalue weighted by atomic mass is 10.0. The molecule has 1 aromatic carbocycles. The molecular formula is C14H7BrFNOS. The molecule has 0 amide bonds. The van der Waals surface area contributed by atoms with Gasteiger partial charge < -0.3 is 0 Å². The number of benzene rings is 1. The van der Waals surface area contributed by atoms with Crippen LogP contribution in [-0.4, -0.2) is 10.8 Å². The molecule has 0 radical (unpaired) electrons. The molecule has 2 nitrogen and oxygen atoms in total. The summed E-state index contributed by atoms with van der Waals surface area (Å²) in [5.41, 5.74) is 1.29. The van der Waals surface area contributed by atoms with E-state index in [-0.39, 0.29) is 15.8 Å². The van der Waals surface area contributed by atoms with E-state index in [0.29, 0.717) is 5.56 Å². The van der Waals surface area contributed by atoms with Gasteiger partial charge in [0.15, 0.2) is 5.78 Å². The molecule has 0 atom stereocenters. The molecule has 0 fully saturated rings. The number of hydrogen-bond donors (Lipinski definition) is 0. The van der Waals surface area contributed by atoms with Crippen molar-refractivity contribution in [1.29, 1.82) is 0 Å². The topological polar surface area (TPSA) is 30.0 Å². The number of thiophene rings is 1. The van der Waals surface area contributed by atoms with Crippen LogP contribution in [0.2, 0.25) is 0 Å². The van der Waals surface area contributed by atoms with Crippen LogP contribution in [-0.2, 0) is 0 Å². The maximum atomic E-state index is 13.9. The van der Waals surface area contributed by atoms with Gasteiger partial charge in [-0.15, -0.1) is 11.3 Å². The number of aromatic nitrogens is 1. The molecule has 5 heteroatoms. The number of hydrogen-bond acceptors (Lipinski definition) is 3. The smallest absolute Gasteiger partial charge is 0.197 e. The fraction of sp³-hybridized carbons (Fsp3) is 0. The minimum absolute atomic E-state index is 0.0482. The van der Waals surface area contributed by atoms with Gasteiger partial charge in [-0.2, -0.15) is 0 Å². The van der Waals surface area contributed by atoms with Crippen molar-refractivity contribution in [2.24, 2.45) is 0 Å². The highest BCUT2D eigenvalue weighted by Gasteiger charge is 2.16. The van der Waals surface area contributed by atoms with Crippen LogP contribution >= 0.6 is 27.3 Å². The van der Waals surface area contributed by atoms with Gasteiger partial charge >= 0.3 is 0 Å². The van der Waals surface area contributed by atoms with Gasteiger partial charge in [0.25, 0.3) is 0 Å². The first-order valence-electron chi connectivity index (χ1n) is 5.49. The van der Waals surface area contributed by atoms with Crippen molar-refractivity contribution >= 4 is 43.3 Å². The highest BCUT2D eigenvalue weighted by atomic mass is 79.9. The Labute approximate surface area is 121 Å². The molecule has 0 aliphatic rings. The number of carbonyl (C=O) groups excluding carboxylic acids is 1. The summed E-state index contributed by atoms with van der Waals surface area (Å²) < 4.78 is 15.1. The molecule has 0 aliphatic carbocycles. The van der Waals surface area contributed by atoms with Crippen LogP contribution in [0.15, 0.2) is 46.4 Å². The van der Waals surface area contributed by atoms with Crippen LogP contribution in [0.3, 0.4) is 0 Å². The zero-order valence-electron chi connectivity index (χ0n) is 9.56. The van der Waals surface area contributed by atoms with E-state index in [2.05, 4.69) is 20.9 Å². The van der Waals surface area contributed by atoms with E-state index in [1.54, 1.807) is 18.2 Å². The number of nitrogens with zero attached hydrogens (tertiary/aromatic N) is 1. The predicted molar refractivity (Wildman–Crippen MR) is 77.2 cm³/mol. The van der Waals surface area contributed by atoms with Gasteiger partial charge in [0.05, 0.1) is 20.3 Å². The standard InChI is InChI=1S/C14H7BrFNOS/c15-10-3-1-2-9(13(10)16)14(18)8-6-12-11(17-7-8)4-5-19-12/h1-7H. The molecule has 0 saturated carbocycles. The van der Waals surface area contributed by atoms with Crippen molar-refractivity contribution in [2.75, 3.05) is 0 Å². The molecule has 94 valence electrons. The second-order valence-corrected chi connectivity index (χ2v) is 5.76. The minimum Gasteiger partial charge on any atom is -0.288 e. The van der Waals surface area contributed by atoms with Gasteiger partial charge in [-0.1, -0.05) is 6.07 Å². The third kappa shape index (κ3) is 2.19. The lowest BCUT2D eigenvalue weighted by Crippen LogP contribution is -2.05. The normalized spacial score (nSPS) is 10.8. The number of carbonyl (C=O) groups is 1. The van der Waals surface area contributed by atoms with Crippen molar-refractivity contribution < 1.29 is 9.18 Å². The Morgan fingerprint density at radius 1 is 1.32 bits per heavy atom. The summed E-state index contributed by atoms with van der Waals surface area (Å²) in [6.45, 7) is 0. The van der Waals surface area contributed by atoms with Crippen molar-refractivity contribution in [3.63, 3.8) is 0 Å². The van der Waals surface area contributed by atoms with Crippen LogP contribution in [0.25, 0.3) is 10.2 Å². The SMILES string of the molecule is O=C(c1cnc2ccsc2c1)c1cccc(Br)c1F. The van der Waals surface area contributed by atoms with Crippen molar-refractivity contribution in [3.8, 4) is 0 Å². The molecule has 3 rings (SSSR count). The van der Waals surface area contributed by atoms with Crippen LogP contribution < -0.4 is 0 Å². The summed E-state index contributed by atoms with van der Waals surface area (Å²) in [6.07, 6.45) is 1.48. The molecule has 0 aliphatic heterocycles. The number of pyridine rings is 1. The minimum atomic E-state index is -0.543. The van der Waals surface area contributed by atoms with E-state index >= 15 is 0 Å². The van der Waals surface area contributed by atoms with Crippen LogP contribution in [0.4, 0.5) is 4.39 Å². The molecule has 19 heavy (non-hydrogen) atoms. The average Bonchev–Trinajstić information content (AvgIpc) is 2.88. The summed E-state index contributed by atoms with van der Waals surface area (Å²) in [5.74, 6) is -0.902. The highest BCUT2D eigenvalue weighted by Crippen LogP contribution is 2.24. The molecule has 2 aromatic heterocycles. The molecular weight excluding hydrogens is 329 g/mol. The van der Waals surface area contributed by atoms with E-state index in [1.165, 1.54) is 23.6 Å². The van der Waals surface area contributed by atoms with Crippen molar-refractivity contribution in [2.45, 2.75) is 0 Å². The van der Waals surface area contributed by atoms with E-state index in [1.807, 2.05) is 11.4 Å². The number of rotatable bonds is 2. The summed E-state index contributed by atoms with van der Waals surface area (Å²) >= 11 is 4.58. The average molecular weight is 336 g/mol. The van der Waals surface area contributed by atoms with Gasteiger partial charge in [-0.3, -0.25) is 9.78 Å². The molecule has 0 saturated heterocycles. The second-order valence-electron chi connectivity index (χ2n) is 3.96. The Morgan fingerprint density at radius 2 is 2.16 bits per heavy atom. The van der Waals surface area contributed by atoms with Gasteiger partial charge in [-0.25, -0.2) is 4.39 Å². The second kappa shape index (κ2) is 4.83. The zero-order chi connectivity index (χ0) is 13.4. The Hall–Kier alpha value is -1.59.